The molecular formula is C13H25Cl2P. The van der Waals surface area contributed by atoms with Gasteiger partial charge in [-0.25, -0.2) is 0 Å². The molecule has 1 unspecified atom stereocenters. The molecule has 0 saturated heterocycles. The van der Waals surface area contributed by atoms with Crippen LogP contribution in [-0.2, 0) is 0 Å². The molecule has 0 nitrogen and oxygen atoms in total. The molecule has 1 saturated carbocycles. The summed E-state index contributed by atoms with van der Waals surface area (Å²) in [6.45, 7) is 9.14. The Hall–Kier alpha value is 1.01. The van der Waals surface area contributed by atoms with Crippen molar-refractivity contribution >= 4 is 31.8 Å². The first-order valence-electron chi connectivity index (χ1n) is 6.51. The van der Waals surface area contributed by atoms with Gasteiger partial charge in [0.15, 0.2) is 0 Å². The summed E-state index contributed by atoms with van der Waals surface area (Å²) < 4.78 is -0.477. The lowest BCUT2D eigenvalue weighted by Crippen LogP contribution is -2.31. The van der Waals surface area contributed by atoms with Crippen molar-refractivity contribution in [3.8, 4) is 0 Å². The van der Waals surface area contributed by atoms with E-state index in [2.05, 4.69) is 27.7 Å². The van der Waals surface area contributed by atoms with Gasteiger partial charge in [-0.05, 0) is 42.7 Å². The molecule has 1 rings (SSSR count). The topological polar surface area (TPSA) is 0 Å². The van der Waals surface area contributed by atoms with E-state index in [1.807, 2.05) is 0 Å². The van der Waals surface area contributed by atoms with Gasteiger partial charge in [-0.2, -0.15) is 0 Å². The second kappa shape index (κ2) is 6.26. The molecule has 3 heteroatoms. The Labute approximate surface area is 113 Å². The maximum atomic E-state index is 6.35. The Morgan fingerprint density at radius 2 is 1.94 bits per heavy atom. The number of rotatable bonds is 4. The SMILES string of the molecule is CCC(Cl)(Cl)P[C@@H]1C[C@H](C)CC[C@H]1C(C)C. The fraction of sp³-hybridized carbons (Fsp3) is 1.00. The molecule has 1 aliphatic carbocycles. The van der Waals surface area contributed by atoms with Gasteiger partial charge in [0, 0.05) is 0 Å². The second-order valence-corrected chi connectivity index (χ2v) is 9.64. The van der Waals surface area contributed by atoms with Crippen molar-refractivity contribution in [2.24, 2.45) is 17.8 Å². The van der Waals surface area contributed by atoms with Crippen LogP contribution in [0.5, 0.6) is 0 Å². The summed E-state index contributed by atoms with van der Waals surface area (Å²) in [4.78, 5) is 0. The summed E-state index contributed by atoms with van der Waals surface area (Å²) in [5, 5.41) is 0. The third kappa shape index (κ3) is 4.35. The monoisotopic (exact) mass is 282 g/mol. The highest BCUT2D eigenvalue weighted by atomic mass is 35.5. The largest absolute Gasteiger partial charge is 0.133 e. The average Bonchev–Trinajstić information content (AvgIpc) is 2.16. The lowest BCUT2D eigenvalue weighted by molar-refractivity contribution is 0.242. The highest BCUT2D eigenvalue weighted by molar-refractivity contribution is 7.46. The molecule has 16 heavy (non-hydrogen) atoms. The normalized spacial score (nSPS) is 32.8. The van der Waals surface area contributed by atoms with Crippen LogP contribution in [0.1, 0.15) is 53.4 Å². The van der Waals surface area contributed by atoms with E-state index in [1.54, 1.807) is 0 Å². The van der Waals surface area contributed by atoms with E-state index in [9.17, 15) is 0 Å². The quantitative estimate of drug-likeness (QED) is 0.461. The summed E-state index contributed by atoms with van der Waals surface area (Å²) >= 11 is 12.7. The zero-order valence-electron chi connectivity index (χ0n) is 10.9. The zero-order chi connectivity index (χ0) is 12.3. The maximum absolute atomic E-state index is 6.35. The van der Waals surface area contributed by atoms with E-state index in [-0.39, 0.29) is 0 Å². The van der Waals surface area contributed by atoms with Crippen LogP contribution in [0.3, 0.4) is 0 Å². The lowest BCUT2D eigenvalue weighted by atomic mass is 9.77. The molecule has 0 bridgehead atoms. The first kappa shape index (κ1) is 15.1. The lowest BCUT2D eigenvalue weighted by Gasteiger charge is -2.39. The highest BCUT2D eigenvalue weighted by Gasteiger charge is 2.35. The van der Waals surface area contributed by atoms with E-state index >= 15 is 0 Å². The van der Waals surface area contributed by atoms with Crippen LogP contribution < -0.4 is 0 Å². The first-order valence-corrected chi connectivity index (χ1v) is 8.34. The molecule has 0 amide bonds. The van der Waals surface area contributed by atoms with Gasteiger partial charge in [-0.3, -0.25) is 0 Å². The molecule has 0 spiro atoms. The second-order valence-electron chi connectivity index (χ2n) is 5.63. The fourth-order valence-corrected chi connectivity index (χ4v) is 5.61. The minimum absolute atomic E-state index is 0.477. The van der Waals surface area contributed by atoms with E-state index in [1.165, 1.54) is 19.3 Å². The van der Waals surface area contributed by atoms with Crippen molar-refractivity contribution in [2.75, 3.05) is 0 Å². The zero-order valence-corrected chi connectivity index (χ0v) is 13.4. The van der Waals surface area contributed by atoms with Gasteiger partial charge < -0.3 is 0 Å². The van der Waals surface area contributed by atoms with Crippen LogP contribution in [-0.4, -0.2) is 9.73 Å². The molecule has 0 aromatic heterocycles. The standard InChI is InChI=1S/C13H25Cl2P/c1-5-13(14,15)16-12-8-10(4)6-7-11(12)9(2)3/h9-12,16H,5-8H2,1-4H3/t10-,11+,12-/m1/s1. The minimum Gasteiger partial charge on any atom is -0.0969 e. The summed E-state index contributed by atoms with van der Waals surface area (Å²) in [6.07, 6.45) is 4.93. The molecule has 1 aliphatic rings. The third-order valence-corrected chi connectivity index (χ3v) is 6.86. The summed E-state index contributed by atoms with van der Waals surface area (Å²) in [5.41, 5.74) is 0.749. The van der Waals surface area contributed by atoms with E-state index in [0.717, 1.165) is 29.8 Å². The van der Waals surface area contributed by atoms with Crippen LogP contribution in [0.4, 0.5) is 0 Å². The van der Waals surface area contributed by atoms with Gasteiger partial charge in [0.05, 0.1) is 0 Å². The van der Waals surface area contributed by atoms with Crippen molar-refractivity contribution in [2.45, 2.75) is 63.1 Å². The third-order valence-electron chi connectivity index (χ3n) is 3.86. The molecule has 0 N–H and O–H groups in total. The van der Waals surface area contributed by atoms with E-state index < -0.39 is 4.07 Å². The van der Waals surface area contributed by atoms with Crippen molar-refractivity contribution in [1.82, 2.24) is 0 Å². The van der Waals surface area contributed by atoms with Gasteiger partial charge in [0.2, 0.25) is 0 Å². The molecular weight excluding hydrogens is 258 g/mol. The molecule has 1 fully saturated rings. The minimum atomic E-state index is -0.477. The molecule has 0 aliphatic heterocycles. The smallest absolute Gasteiger partial charge is 0.0969 e. The van der Waals surface area contributed by atoms with Gasteiger partial charge in [0.1, 0.15) is 4.07 Å². The number of alkyl halides is 2. The Bertz CT molecular complexity index is 216. The molecule has 0 radical (unpaired) electrons. The van der Waals surface area contributed by atoms with Crippen molar-refractivity contribution in [3.63, 3.8) is 0 Å². The fourth-order valence-electron chi connectivity index (χ4n) is 2.74. The first-order chi connectivity index (χ1) is 7.35. The Balaban J connectivity index is 2.64. The molecule has 4 atom stereocenters. The number of hydrogen-bond acceptors (Lipinski definition) is 0. The molecule has 96 valence electrons. The molecule has 0 aromatic carbocycles. The number of hydrogen-bond donors (Lipinski definition) is 0. The summed E-state index contributed by atoms with van der Waals surface area (Å²) in [5.74, 6) is 2.46. The summed E-state index contributed by atoms with van der Waals surface area (Å²) in [6, 6.07) is 0. The average molecular weight is 283 g/mol. The highest BCUT2D eigenvalue weighted by Crippen LogP contribution is 2.53. The molecule has 0 heterocycles. The van der Waals surface area contributed by atoms with Crippen LogP contribution in [0.15, 0.2) is 0 Å². The van der Waals surface area contributed by atoms with Crippen molar-refractivity contribution in [1.29, 1.82) is 0 Å². The van der Waals surface area contributed by atoms with Gasteiger partial charge in [-0.15, -0.1) is 0 Å². The Morgan fingerprint density at radius 3 is 2.44 bits per heavy atom. The van der Waals surface area contributed by atoms with Crippen molar-refractivity contribution in [3.05, 3.63) is 0 Å². The Morgan fingerprint density at radius 1 is 1.31 bits per heavy atom. The molecule has 0 aromatic rings. The summed E-state index contributed by atoms with van der Waals surface area (Å²) in [7, 11) is 0.698. The van der Waals surface area contributed by atoms with Crippen LogP contribution in [0.2, 0.25) is 0 Å². The van der Waals surface area contributed by atoms with Crippen LogP contribution in [0.25, 0.3) is 0 Å². The Kier molecular flexibility index (Phi) is 5.89. The maximum Gasteiger partial charge on any atom is 0.133 e. The predicted molar refractivity (Wildman–Crippen MR) is 78.2 cm³/mol. The van der Waals surface area contributed by atoms with Gasteiger partial charge in [0.25, 0.3) is 0 Å². The number of halogens is 2. The van der Waals surface area contributed by atoms with E-state index in [4.69, 9.17) is 23.2 Å². The van der Waals surface area contributed by atoms with Gasteiger partial charge >= 0.3 is 0 Å². The predicted octanol–water partition coefficient (Wildman–Crippen LogP) is 5.67. The van der Waals surface area contributed by atoms with E-state index in [0.29, 0.717) is 8.58 Å². The van der Waals surface area contributed by atoms with Crippen molar-refractivity contribution < 1.29 is 0 Å². The van der Waals surface area contributed by atoms with Crippen LogP contribution in [0, 0.1) is 17.8 Å². The van der Waals surface area contributed by atoms with Gasteiger partial charge in [-0.1, -0.05) is 65.9 Å². The van der Waals surface area contributed by atoms with Crippen LogP contribution >= 0.6 is 31.8 Å².